The first-order valence-electron chi connectivity index (χ1n) is 11.9. The second-order valence-corrected chi connectivity index (χ2v) is 8.96. The van der Waals surface area contributed by atoms with Gasteiger partial charge in [-0.2, -0.15) is 0 Å². The van der Waals surface area contributed by atoms with Crippen molar-refractivity contribution in [3.8, 4) is 5.75 Å². The zero-order valence-electron chi connectivity index (χ0n) is 20.0. The van der Waals surface area contributed by atoms with Crippen molar-refractivity contribution < 1.29 is 27.8 Å². The Bertz CT molecular complexity index is 1180. The second kappa shape index (κ2) is 10.2. The summed E-state index contributed by atoms with van der Waals surface area (Å²) in [6, 6.07) is 11.1. The zero-order chi connectivity index (χ0) is 25.1. The third-order valence-electron chi connectivity index (χ3n) is 6.51. The Morgan fingerprint density at radius 1 is 1.14 bits per heavy atom. The van der Waals surface area contributed by atoms with Gasteiger partial charge in [0.15, 0.2) is 0 Å². The van der Waals surface area contributed by atoms with Crippen LogP contribution in [0.15, 0.2) is 61.2 Å². The molecular formula is C26H28F2N4O4. The highest BCUT2D eigenvalue weighted by molar-refractivity contribution is 5.73. The van der Waals surface area contributed by atoms with Crippen LogP contribution in [0.25, 0.3) is 0 Å². The van der Waals surface area contributed by atoms with E-state index in [9.17, 15) is 13.6 Å². The van der Waals surface area contributed by atoms with Gasteiger partial charge in [0.2, 0.25) is 11.7 Å². The predicted octanol–water partition coefficient (Wildman–Crippen LogP) is 3.18. The van der Waals surface area contributed by atoms with Crippen molar-refractivity contribution in [1.82, 2.24) is 14.5 Å². The fourth-order valence-electron chi connectivity index (χ4n) is 4.60. The largest absolute Gasteiger partial charge is 0.491 e. The average Bonchev–Trinajstić information content (AvgIpc) is 3.54. The Labute approximate surface area is 208 Å². The van der Waals surface area contributed by atoms with E-state index in [0.717, 1.165) is 24.8 Å². The molecule has 190 valence electrons. The van der Waals surface area contributed by atoms with Crippen LogP contribution in [0.5, 0.6) is 5.75 Å². The highest BCUT2D eigenvalue weighted by Gasteiger charge is 2.45. The summed E-state index contributed by atoms with van der Waals surface area (Å²) in [6.07, 6.45) is 4.46. The van der Waals surface area contributed by atoms with Crippen molar-refractivity contribution >= 4 is 11.6 Å². The molecule has 3 aromatic rings. The van der Waals surface area contributed by atoms with Crippen LogP contribution in [-0.2, 0) is 26.6 Å². The van der Waals surface area contributed by atoms with E-state index in [1.807, 2.05) is 29.2 Å². The highest BCUT2D eigenvalue weighted by Crippen LogP contribution is 2.38. The van der Waals surface area contributed by atoms with Gasteiger partial charge in [0.1, 0.15) is 30.1 Å². The number of piperazine rings is 1. The molecular weight excluding hydrogens is 470 g/mol. The molecule has 2 fully saturated rings. The molecule has 0 spiro atoms. The number of anilines is 1. The summed E-state index contributed by atoms with van der Waals surface area (Å²) < 4.78 is 48.1. The van der Waals surface area contributed by atoms with Gasteiger partial charge in [-0.1, -0.05) is 0 Å². The van der Waals surface area contributed by atoms with Crippen LogP contribution in [0, 0.1) is 11.6 Å². The van der Waals surface area contributed by atoms with Gasteiger partial charge in [0.25, 0.3) is 0 Å². The number of aromatic nitrogens is 2. The van der Waals surface area contributed by atoms with E-state index in [-0.39, 0.29) is 31.2 Å². The van der Waals surface area contributed by atoms with E-state index in [4.69, 9.17) is 14.2 Å². The standard InChI is InChI=1S/C26H28F2N4O4/c1-19(33)31-10-12-32(13-11-31)21-3-5-22(6-4-21)34-15-23-16-35-26(36-23,17-30-9-8-29-18-30)24-7-2-20(27)14-25(24)28/h2-9,14,18,23H,10-13,15-17H2,1H3. The lowest BCUT2D eigenvalue weighted by molar-refractivity contribution is -0.191. The van der Waals surface area contributed by atoms with E-state index in [1.165, 1.54) is 12.1 Å². The first kappa shape index (κ1) is 24.2. The van der Waals surface area contributed by atoms with E-state index < -0.39 is 23.5 Å². The maximum absolute atomic E-state index is 14.7. The first-order valence-corrected chi connectivity index (χ1v) is 11.9. The Hall–Kier alpha value is -3.50. The molecule has 3 heterocycles. The normalized spacial score (nSPS) is 22.1. The van der Waals surface area contributed by atoms with Crippen molar-refractivity contribution in [3.63, 3.8) is 0 Å². The summed E-state index contributed by atoms with van der Waals surface area (Å²) in [5.41, 5.74) is 1.19. The molecule has 0 aliphatic carbocycles. The van der Waals surface area contributed by atoms with E-state index >= 15 is 0 Å². The van der Waals surface area contributed by atoms with Gasteiger partial charge in [0.05, 0.1) is 19.5 Å². The van der Waals surface area contributed by atoms with Crippen molar-refractivity contribution in [2.24, 2.45) is 0 Å². The van der Waals surface area contributed by atoms with Crippen molar-refractivity contribution in [1.29, 1.82) is 0 Å². The number of halogens is 2. The SMILES string of the molecule is CC(=O)N1CCN(c2ccc(OCC3COC(Cn4ccnc4)(c4ccc(F)cc4F)O3)cc2)CC1. The maximum atomic E-state index is 14.7. The number of imidazole rings is 1. The first-order chi connectivity index (χ1) is 17.4. The van der Waals surface area contributed by atoms with Crippen LogP contribution in [-0.4, -0.2) is 65.9 Å². The molecule has 0 saturated carbocycles. The summed E-state index contributed by atoms with van der Waals surface area (Å²) in [4.78, 5) is 19.6. The molecule has 0 N–H and O–H groups in total. The fraction of sp³-hybridized carbons (Fsp3) is 0.385. The van der Waals surface area contributed by atoms with Gasteiger partial charge in [0, 0.05) is 62.8 Å². The molecule has 0 bridgehead atoms. The lowest BCUT2D eigenvalue weighted by atomic mass is 10.0. The molecule has 2 aliphatic rings. The predicted molar refractivity (Wildman–Crippen MR) is 127 cm³/mol. The van der Waals surface area contributed by atoms with Crippen LogP contribution >= 0.6 is 0 Å². The van der Waals surface area contributed by atoms with Gasteiger partial charge in [-0.15, -0.1) is 0 Å². The van der Waals surface area contributed by atoms with Crippen molar-refractivity contribution in [2.45, 2.75) is 25.4 Å². The maximum Gasteiger partial charge on any atom is 0.219 e. The minimum Gasteiger partial charge on any atom is -0.491 e. The van der Waals surface area contributed by atoms with Gasteiger partial charge < -0.3 is 28.6 Å². The number of amides is 1. The third kappa shape index (κ3) is 5.19. The van der Waals surface area contributed by atoms with Crippen molar-refractivity contribution in [2.75, 3.05) is 44.3 Å². The highest BCUT2D eigenvalue weighted by atomic mass is 19.1. The quantitative estimate of drug-likeness (QED) is 0.499. The molecule has 2 aliphatic heterocycles. The Morgan fingerprint density at radius 3 is 2.58 bits per heavy atom. The molecule has 8 nitrogen and oxygen atoms in total. The minimum absolute atomic E-state index is 0.104. The summed E-state index contributed by atoms with van der Waals surface area (Å²) in [6.45, 7) is 5.12. The lowest BCUT2D eigenvalue weighted by Gasteiger charge is -2.35. The van der Waals surface area contributed by atoms with Crippen molar-refractivity contribution in [3.05, 3.63) is 78.4 Å². The number of benzene rings is 2. The molecule has 5 rings (SSSR count). The number of ether oxygens (including phenoxy) is 3. The van der Waals surface area contributed by atoms with E-state index in [1.54, 1.807) is 30.2 Å². The number of hydrogen-bond acceptors (Lipinski definition) is 6. The molecule has 2 saturated heterocycles. The Kier molecular flexibility index (Phi) is 6.88. The third-order valence-corrected chi connectivity index (χ3v) is 6.51. The summed E-state index contributed by atoms with van der Waals surface area (Å²) in [5.74, 6) is -2.07. The summed E-state index contributed by atoms with van der Waals surface area (Å²) >= 11 is 0. The summed E-state index contributed by atoms with van der Waals surface area (Å²) in [7, 11) is 0. The fourth-order valence-corrected chi connectivity index (χ4v) is 4.60. The number of rotatable bonds is 7. The van der Waals surface area contributed by atoms with Crippen LogP contribution in [0.3, 0.4) is 0 Å². The summed E-state index contributed by atoms with van der Waals surface area (Å²) in [5, 5.41) is 0. The molecule has 36 heavy (non-hydrogen) atoms. The van der Waals surface area contributed by atoms with Gasteiger partial charge in [-0.3, -0.25) is 4.79 Å². The minimum atomic E-state index is -1.43. The molecule has 0 radical (unpaired) electrons. The van der Waals surface area contributed by atoms with Gasteiger partial charge in [-0.05, 0) is 36.4 Å². The van der Waals surface area contributed by atoms with E-state index in [2.05, 4.69) is 9.88 Å². The van der Waals surface area contributed by atoms with E-state index in [0.29, 0.717) is 18.8 Å². The Morgan fingerprint density at radius 2 is 1.92 bits per heavy atom. The molecule has 10 heteroatoms. The molecule has 1 amide bonds. The topological polar surface area (TPSA) is 69.1 Å². The molecule has 1 aromatic heterocycles. The molecule has 2 unspecified atom stereocenters. The zero-order valence-corrected chi connectivity index (χ0v) is 20.0. The van der Waals surface area contributed by atoms with Gasteiger partial charge in [-0.25, -0.2) is 13.8 Å². The van der Waals surface area contributed by atoms with Crippen LogP contribution in [0.1, 0.15) is 12.5 Å². The number of carbonyl (C=O) groups is 1. The number of nitrogens with zero attached hydrogens (tertiary/aromatic N) is 4. The lowest BCUT2D eigenvalue weighted by Crippen LogP contribution is -2.48. The van der Waals surface area contributed by atoms with Crippen LogP contribution < -0.4 is 9.64 Å². The van der Waals surface area contributed by atoms with Crippen LogP contribution in [0.4, 0.5) is 14.5 Å². The number of hydrogen-bond donors (Lipinski definition) is 0. The smallest absolute Gasteiger partial charge is 0.219 e. The Balaban J connectivity index is 1.22. The van der Waals surface area contributed by atoms with Gasteiger partial charge >= 0.3 is 0 Å². The number of carbonyl (C=O) groups excluding carboxylic acids is 1. The molecule has 2 aromatic carbocycles. The second-order valence-electron chi connectivity index (χ2n) is 8.96. The van der Waals surface area contributed by atoms with Crippen LogP contribution in [0.2, 0.25) is 0 Å². The monoisotopic (exact) mass is 498 g/mol. The average molecular weight is 499 g/mol. The molecule has 2 atom stereocenters.